The van der Waals surface area contributed by atoms with Crippen molar-refractivity contribution in [1.82, 2.24) is 15.8 Å². The Balaban J connectivity index is 1.95. The number of aryl methyl sites for hydroxylation is 1. The third-order valence-corrected chi connectivity index (χ3v) is 4.88. The van der Waals surface area contributed by atoms with Gasteiger partial charge in [-0.1, -0.05) is 58.1 Å². The minimum absolute atomic E-state index is 0.406. The van der Waals surface area contributed by atoms with E-state index >= 15 is 0 Å². The molecule has 6 nitrogen and oxygen atoms in total. The number of rotatable bonds is 9. The lowest BCUT2D eigenvalue weighted by Crippen LogP contribution is -2.48. The van der Waals surface area contributed by atoms with Gasteiger partial charge in [-0.3, -0.25) is 15.0 Å². The molecule has 26 heavy (non-hydrogen) atoms. The van der Waals surface area contributed by atoms with Gasteiger partial charge >= 0.3 is 6.03 Å². The highest BCUT2D eigenvalue weighted by Gasteiger charge is 2.48. The van der Waals surface area contributed by atoms with Crippen molar-refractivity contribution < 1.29 is 14.4 Å². The Bertz CT molecular complexity index is 657. The van der Waals surface area contributed by atoms with Gasteiger partial charge in [-0.05, 0) is 37.5 Å². The maximum atomic E-state index is 12.7. The fourth-order valence-electron chi connectivity index (χ4n) is 3.10. The number of hydrazine groups is 1. The van der Waals surface area contributed by atoms with Gasteiger partial charge in [-0.2, -0.15) is 5.01 Å². The zero-order chi connectivity index (χ0) is 19.2. The number of carbonyl (C=O) groups is 3. The third kappa shape index (κ3) is 4.62. The van der Waals surface area contributed by atoms with Gasteiger partial charge in [0.1, 0.15) is 5.54 Å². The molecule has 1 fully saturated rings. The molecule has 6 heteroatoms. The Morgan fingerprint density at radius 2 is 1.73 bits per heavy atom. The van der Waals surface area contributed by atoms with Gasteiger partial charge in [0.15, 0.2) is 0 Å². The first kappa shape index (κ1) is 19.9. The number of hydrogen-bond donors (Lipinski definition) is 2. The average molecular weight is 359 g/mol. The van der Waals surface area contributed by atoms with Crippen LogP contribution in [0.15, 0.2) is 24.3 Å². The van der Waals surface area contributed by atoms with Gasteiger partial charge in [-0.15, -0.1) is 0 Å². The zero-order valence-electron chi connectivity index (χ0n) is 15.9. The van der Waals surface area contributed by atoms with Gasteiger partial charge in [0.25, 0.3) is 11.8 Å². The van der Waals surface area contributed by atoms with Crippen LogP contribution in [-0.4, -0.2) is 28.4 Å². The summed E-state index contributed by atoms with van der Waals surface area (Å²) in [5.74, 6) is -0.875. The van der Waals surface area contributed by atoms with Crippen LogP contribution in [0.2, 0.25) is 0 Å². The number of unbranched alkanes of at least 4 members (excludes halogenated alkanes) is 4. The molecular formula is C20H29N3O3. The first-order chi connectivity index (χ1) is 12.4. The highest BCUT2D eigenvalue weighted by atomic mass is 16.2. The second-order valence-corrected chi connectivity index (χ2v) is 7.06. The van der Waals surface area contributed by atoms with Crippen LogP contribution >= 0.6 is 0 Å². The summed E-state index contributed by atoms with van der Waals surface area (Å²) in [5.41, 5.74) is 3.01. The van der Waals surface area contributed by atoms with E-state index in [1.165, 1.54) is 6.42 Å². The molecule has 0 radical (unpaired) electrons. The fourth-order valence-corrected chi connectivity index (χ4v) is 3.10. The highest BCUT2D eigenvalue weighted by Crippen LogP contribution is 2.23. The van der Waals surface area contributed by atoms with Crippen molar-refractivity contribution in [3.63, 3.8) is 0 Å². The van der Waals surface area contributed by atoms with Crippen molar-refractivity contribution in [1.29, 1.82) is 0 Å². The molecule has 0 unspecified atom stereocenters. The molecule has 1 heterocycles. The van der Waals surface area contributed by atoms with Crippen LogP contribution in [0.5, 0.6) is 0 Å². The number of hydrogen-bond acceptors (Lipinski definition) is 3. The Kier molecular flexibility index (Phi) is 6.77. The Hall–Kier alpha value is -2.37. The van der Waals surface area contributed by atoms with Crippen molar-refractivity contribution >= 4 is 17.8 Å². The molecule has 1 aromatic rings. The largest absolute Gasteiger partial charge is 0.344 e. The molecule has 1 aliphatic rings. The summed E-state index contributed by atoms with van der Waals surface area (Å²) in [6, 6.07) is 6.53. The predicted molar refractivity (Wildman–Crippen MR) is 100 cm³/mol. The van der Waals surface area contributed by atoms with E-state index in [1.54, 1.807) is 19.1 Å². The molecule has 1 aliphatic heterocycles. The lowest BCUT2D eigenvalue weighted by atomic mass is 9.94. The number of carbonyl (C=O) groups excluding carboxylic acids is 3. The highest BCUT2D eigenvalue weighted by molar-refractivity contribution is 6.09. The molecule has 4 amide bonds. The van der Waals surface area contributed by atoms with Crippen molar-refractivity contribution in [3.05, 3.63) is 35.4 Å². The van der Waals surface area contributed by atoms with E-state index in [4.69, 9.17) is 0 Å². The van der Waals surface area contributed by atoms with E-state index < -0.39 is 23.4 Å². The van der Waals surface area contributed by atoms with E-state index in [-0.39, 0.29) is 0 Å². The number of urea groups is 1. The predicted octanol–water partition coefficient (Wildman–Crippen LogP) is 3.56. The van der Waals surface area contributed by atoms with Gasteiger partial charge < -0.3 is 5.32 Å². The molecule has 2 rings (SSSR count). The average Bonchev–Trinajstić information content (AvgIpc) is 2.85. The van der Waals surface area contributed by atoms with Crippen molar-refractivity contribution in [2.75, 3.05) is 0 Å². The molecule has 0 bridgehead atoms. The molecule has 1 saturated heterocycles. The van der Waals surface area contributed by atoms with Crippen LogP contribution in [0.1, 0.15) is 75.2 Å². The lowest BCUT2D eigenvalue weighted by molar-refractivity contribution is -0.132. The van der Waals surface area contributed by atoms with Gasteiger partial charge in [0, 0.05) is 5.56 Å². The van der Waals surface area contributed by atoms with Crippen LogP contribution in [0, 0.1) is 0 Å². The van der Waals surface area contributed by atoms with Crippen LogP contribution in [-0.2, 0) is 11.2 Å². The summed E-state index contributed by atoms with van der Waals surface area (Å²) in [7, 11) is 0. The van der Waals surface area contributed by atoms with E-state index in [2.05, 4.69) is 17.7 Å². The maximum Gasteiger partial charge on any atom is 0.344 e. The zero-order valence-corrected chi connectivity index (χ0v) is 15.9. The molecular weight excluding hydrogens is 330 g/mol. The van der Waals surface area contributed by atoms with Crippen LogP contribution in [0.25, 0.3) is 0 Å². The first-order valence-electron chi connectivity index (χ1n) is 9.48. The maximum absolute atomic E-state index is 12.7. The number of imide groups is 1. The third-order valence-electron chi connectivity index (χ3n) is 4.88. The monoisotopic (exact) mass is 359 g/mol. The van der Waals surface area contributed by atoms with Crippen LogP contribution < -0.4 is 10.7 Å². The molecule has 0 aromatic heterocycles. The summed E-state index contributed by atoms with van der Waals surface area (Å²) in [5, 5.41) is 3.53. The SMILES string of the molecule is CCCCCCC[C@@]1(C)NC(=O)N(NC(=O)c2ccc(CC)cc2)C1=O. The summed E-state index contributed by atoms with van der Waals surface area (Å²) < 4.78 is 0. The second kappa shape index (κ2) is 8.83. The smallest absolute Gasteiger partial charge is 0.322 e. The molecule has 0 aliphatic carbocycles. The summed E-state index contributed by atoms with van der Waals surface area (Å²) in [4.78, 5) is 37.2. The number of nitrogens with zero attached hydrogens (tertiary/aromatic N) is 1. The molecule has 142 valence electrons. The topological polar surface area (TPSA) is 78.5 Å². The lowest BCUT2D eigenvalue weighted by Gasteiger charge is -2.21. The summed E-state index contributed by atoms with van der Waals surface area (Å²) in [6.07, 6.45) is 6.81. The number of nitrogens with one attached hydrogen (secondary N) is 2. The molecule has 1 atom stereocenters. The summed E-state index contributed by atoms with van der Waals surface area (Å²) in [6.45, 7) is 5.90. The number of amides is 4. The minimum atomic E-state index is -0.956. The van der Waals surface area contributed by atoms with E-state index in [0.717, 1.165) is 42.7 Å². The van der Waals surface area contributed by atoms with E-state index in [0.29, 0.717) is 12.0 Å². The molecule has 2 N–H and O–H groups in total. The van der Waals surface area contributed by atoms with Crippen LogP contribution in [0.4, 0.5) is 4.79 Å². The summed E-state index contributed by atoms with van der Waals surface area (Å²) >= 11 is 0. The second-order valence-electron chi connectivity index (χ2n) is 7.06. The van der Waals surface area contributed by atoms with Crippen LogP contribution in [0.3, 0.4) is 0 Å². The Morgan fingerprint density at radius 1 is 1.08 bits per heavy atom. The Labute approximate surface area is 155 Å². The minimum Gasteiger partial charge on any atom is -0.322 e. The van der Waals surface area contributed by atoms with Gasteiger partial charge in [0.2, 0.25) is 0 Å². The van der Waals surface area contributed by atoms with E-state index in [1.807, 2.05) is 19.1 Å². The van der Waals surface area contributed by atoms with Gasteiger partial charge in [0.05, 0.1) is 0 Å². The Morgan fingerprint density at radius 3 is 2.35 bits per heavy atom. The molecule has 1 aromatic carbocycles. The van der Waals surface area contributed by atoms with Gasteiger partial charge in [-0.25, -0.2) is 4.79 Å². The standard InChI is InChI=1S/C20H29N3O3/c1-4-6-7-8-9-14-20(3)18(25)23(19(26)21-20)22-17(24)16-12-10-15(5-2)11-13-16/h10-13H,4-9,14H2,1-3H3,(H,21,26)(H,22,24)/t20-/m1/s1. The molecule has 0 saturated carbocycles. The van der Waals surface area contributed by atoms with Crippen molar-refractivity contribution in [3.8, 4) is 0 Å². The fraction of sp³-hybridized carbons (Fsp3) is 0.550. The first-order valence-corrected chi connectivity index (χ1v) is 9.48. The molecule has 0 spiro atoms. The van der Waals surface area contributed by atoms with Crippen molar-refractivity contribution in [2.24, 2.45) is 0 Å². The van der Waals surface area contributed by atoms with Crippen molar-refractivity contribution in [2.45, 2.75) is 71.3 Å². The number of benzene rings is 1. The normalized spacial score (nSPS) is 19.6. The van der Waals surface area contributed by atoms with E-state index in [9.17, 15) is 14.4 Å². The quantitative estimate of drug-likeness (QED) is 0.523.